The molecule has 5 heteroatoms. The summed E-state index contributed by atoms with van der Waals surface area (Å²) in [7, 11) is 0. The van der Waals surface area contributed by atoms with Gasteiger partial charge in [0.2, 0.25) is 0 Å². The third-order valence-electron chi connectivity index (χ3n) is 10.6. The van der Waals surface area contributed by atoms with E-state index in [-0.39, 0.29) is 10.8 Å². The van der Waals surface area contributed by atoms with Crippen LogP contribution in [-0.4, -0.2) is 18.8 Å². The number of rotatable bonds is 2. The second-order valence-corrected chi connectivity index (χ2v) is 16.0. The van der Waals surface area contributed by atoms with E-state index in [1.54, 1.807) is 0 Å². The highest BCUT2D eigenvalue weighted by Crippen LogP contribution is 2.41. The Bertz CT molecular complexity index is 3030. The molecule has 0 N–H and O–H groups in total. The summed E-state index contributed by atoms with van der Waals surface area (Å²) in [5.41, 5.74) is 11.0. The molecule has 10 aromatic rings. The normalized spacial score (nSPS) is 12.9. The lowest BCUT2D eigenvalue weighted by Crippen LogP contribution is -2.13. The van der Waals surface area contributed by atoms with Gasteiger partial charge in [0, 0.05) is 21.5 Å². The van der Waals surface area contributed by atoms with Crippen LogP contribution in [0.5, 0.6) is 11.5 Å². The summed E-state index contributed by atoms with van der Waals surface area (Å²) in [5, 5.41) is 6.87. The van der Waals surface area contributed by atoms with Gasteiger partial charge >= 0.3 is 0 Å². The van der Waals surface area contributed by atoms with E-state index in [9.17, 15) is 0 Å². The van der Waals surface area contributed by atoms with E-state index >= 15 is 0 Å². The predicted molar refractivity (Wildman–Crippen MR) is 213 cm³/mol. The number of hydrogen-bond donors (Lipinski definition) is 0. The number of aromatic nitrogens is 4. The first-order chi connectivity index (χ1) is 24.5. The fraction of sp³-hybridized carbons (Fsp3) is 0.174. The number of benzene rings is 6. The molecule has 0 fully saturated rings. The molecule has 4 aromatic heterocycles. The minimum absolute atomic E-state index is 0.0252. The zero-order chi connectivity index (χ0) is 34.8. The Kier molecular flexibility index (Phi) is 6.04. The first-order valence-corrected chi connectivity index (χ1v) is 17.8. The van der Waals surface area contributed by atoms with E-state index < -0.39 is 0 Å². The Morgan fingerprint density at radius 2 is 1.04 bits per heavy atom. The van der Waals surface area contributed by atoms with Crippen LogP contribution in [0.25, 0.3) is 76.7 Å². The summed E-state index contributed by atoms with van der Waals surface area (Å²) >= 11 is 0. The fourth-order valence-electron chi connectivity index (χ4n) is 8.05. The van der Waals surface area contributed by atoms with E-state index in [0.29, 0.717) is 0 Å². The van der Waals surface area contributed by atoms with Gasteiger partial charge < -0.3 is 4.74 Å². The van der Waals surface area contributed by atoms with Crippen molar-refractivity contribution < 1.29 is 4.74 Å². The van der Waals surface area contributed by atoms with Crippen LogP contribution in [0.1, 0.15) is 52.7 Å². The predicted octanol–water partition coefficient (Wildman–Crippen LogP) is 12.3. The molecular formula is C46H38N4O. The molecule has 0 saturated heterocycles. The van der Waals surface area contributed by atoms with Gasteiger partial charge in [0.05, 0.1) is 33.1 Å². The zero-order valence-corrected chi connectivity index (χ0v) is 29.7. The van der Waals surface area contributed by atoms with Crippen LogP contribution in [0.2, 0.25) is 0 Å². The molecule has 0 radical (unpaired) electrons. The van der Waals surface area contributed by atoms with E-state index in [1.807, 2.05) is 0 Å². The van der Waals surface area contributed by atoms with Gasteiger partial charge in [0.15, 0.2) is 0 Å². The molecule has 0 aliphatic rings. The fourth-order valence-corrected chi connectivity index (χ4v) is 8.05. The number of imidazole rings is 2. The van der Waals surface area contributed by atoms with Crippen molar-refractivity contribution in [2.45, 2.75) is 52.4 Å². The van der Waals surface area contributed by atoms with Crippen molar-refractivity contribution in [1.82, 2.24) is 18.8 Å². The molecule has 0 aliphatic heterocycles. The highest BCUT2D eigenvalue weighted by atomic mass is 16.5. The quantitative estimate of drug-likeness (QED) is 0.173. The van der Waals surface area contributed by atoms with E-state index in [2.05, 4.69) is 172 Å². The molecule has 248 valence electrons. The lowest BCUT2D eigenvalue weighted by atomic mass is 9.84. The standard InChI is InChI=1S/C46H38N4O/c1-45(2,3)27-18-23-39-33(24-27)31-22-20-29(26-35(31)43-47-37-14-7-9-16-40(37)49(39)43)51-28-19-21-30-32-12-11-13-36(46(4,5)6)42(32)50-41-17-10-8-15-38(41)48-44(50)34(30)25-28/h7-26H,1-6H3. The van der Waals surface area contributed by atoms with Gasteiger partial charge in [-0.15, -0.1) is 0 Å². The number of nitrogens with zero attached hydrogens (tertiary/aromatic N) is 4. The minimum Gasteiger partial charge on any atom is -0.457 e. The average Bonchev–Trinajstić information content (AvgIpc) is 3.70. The van der Waals surface area contributed by atoms with Crippen LogP contribution >= 0.6 is 0 Å². The van der Waals surface area contributed by atoms with Crippen LogP contribution in [0.15, 0.2) is 121 Å². The Morgan fingerprint density at radius 3 is 1.67 bits per heavy atom. The molecular weight excluding hydrogens is 625 g/mol. The van der Waals surface area contributed by atoms with Crippen molar-refractivity contribution in [1.29, 1.82) is 0 Å². The maximum absolute atomic E-state index is 6.75. The number of hydrogen-bond acceptors (Lipinski definition) is 3. The molecule has 0 amide bonds. The lowest BCUT2D eigenvalue weighted by molar-refractivity contribution is 0.484. The minimum atomic E-state index is -0.0453. The van der Waals surface area contributed by atoms with Crippen molar-refractivity contribution in [2.75, 3.05) is 0 Å². The van der Waals surface area contributed by atoms with Crippen LogP contribution < -0.4 is 4.74 Å². The molecule has 0 saturated carbocycles. The third-order valence-corrected chi connectivity index (χ3v) is 10.6. The second kappa shape index (κ2) is 10.3. The summed E-state index contributed by atoms with van der Waals surface area (Å²) in [6.45, 7) is 13.6. The Labute approximate surface area is 295 Å². The van der Waals surface area contributed by atoms with Gasteiger partial charge in [0.1, 0.15) is 22.8 Å². The number of para-hydroxylation sites is 5. The van der Waals surface area contributed by atoms with Crippen molar-refractivity contribution in [3.63, 3.8) is 0 Å². The van der Waals surface area contributed by atoms with E-state index in [1.165, 1.54) is 27.4 Å². The third kappa shape index (κ3) is 4.40. The SMILES string of the molecule is CC(C)(C)c1ccc2c(c1)c1ccc(Oc3ccc4c(c3)c3nc5ccccc5n3c3c(C(C)(C)C)cccc43)cc1c1nc3ccccc3n21. The molecule has 5 nitrogen and oxygen atoms in total. The molecule has 4 heterocycles. The maximum Gasteiger partial charge on any atom is 0.146 e. The Hall–Kier alpha value is -5.94. The molecule has 0 aliphatic carbocycles. The Balaban J connectivity index is 1.20. The van der Waals surface area contributed by atoms with Crippen molar-refractivity contribution in [3.8, 4) is 11.5 Å². The first-order valence-electron chi connectivity index (χ1n) is 17.8. The summed E-state index contributed by atoms with van der Waals surface area (Å²) in [4.78, 5) is 10.4. The van der Waals surface area contributed by atoms with Crippen molar-refractivity contribution >= 4 is 76.7 Å². The molecule has 0 unspecified atom stereocenters. The monoisotopic (exact) mass is 662 g/mol. The van der Waals surface area contributed by atoms with Crippen LogP contribution in [0.4, 0.5) is 0 Å². The van der Waals surface area contributed by atoms with Gasteiger partial charge in [-0.1, -0.05) is 90.1 Å². The lowest BCUT2D eigenvalue weighted by Gasteiger charge is -2.23. The smallest absolute Gasteiger partial charge is 0.146 e. The molecule has 0 atom stereocenters. The summed E-state index contributed by atoms with van der Waals surface area (Å²) in [6, 6.07) is 43.2. The number of pyridine rings is 2. The van der Waals surface area contributed by atoms with Crippen molar-refractivity contribution in [3.05, 3.63) is 132 Å². The van der Waals surface area contributed by atoms with Crippen molar-refractivity contribution in [2.24, 2.45) is 0 Å². The molecule has 6 aromatic carbocycles. The largest absolute Gasteiger partial charge is 0.457 e. The average molecular weight is 663 g/mol. The highest BCUT2D eigenvalue weighted by Gasteiger charge is 2.23. The topological polar surface area (TPSA) is 43.8 Å². The van der Waals surface area contributed by atoms with Gasteiger partial charge in [-0.3, -0.25) is 8.80 Å². The molecule has 51 heavy (non-hydrogen) atoms. The van der Waals surface area contributed by atoms with Gasteiger partial charge in [-0.05, 0) is 106 Å². The van der Waals surface area contributed by atoms with Gasteiger partial charge in [0.25, 0.3) is 0 Å². The second-order valence-electron chi connectivity index (χ2n) is 16.0. The first kappa shape index (κ1) is 29.9. The summed E-state index contributed by atoms with van der Waals surface area (Å²) in [5.74, 6) is 1.53. The van der Waals surface area contributed by atoms with Crippen LogP contribution in [-0.2, 0) is 10.8 Å². The number of fused-ring (bicyclic) bond motifs is 16. The summed E-state index contributed by atoms with van der Waals surface area (Å²) in [6.07, 6.45) is 0. The maximum atomic E-state index is 6.75. The zero-order valence-electron chi connectivity index (χ0n) is 29.7. The van der Waals surface area contributed by atoms with Gasteiger partial charge in [-0.25, -0.2) is 9.97 Å². The Morgan fingerprint density at radius 1 is 0.451 bits per heavy atom. The van der Waals surface area contributed by atoms with E-state index in [4.69, 9.17) is 14.7 Å². The number of ether oxygens (including phenoxy) is 1. The summed E-state index contributed by atoms with van der Waals surface area (Å²) < 4.78 is 11.4. The van der Waals surface area contributed by atoms with Crippen LogP contribution in [0.3, 0.4) is 0 Å². The highest BCUT2D eigenvalue weighted by molar-refractivity contribution is 6.16. The molecule has 0 bridgehead atoms. The molecule has 0 spiro atoms. The molecule has 10 rings (SSSR count). The van der Waals surface area contributed by atoms with Crippen LogP contribution in [0, 0.1) is 0 Å². The van der Waals surface area contributed by atoms with E-state index in [0.717, 1.165) is 71.9 Å². The van der Waals surface area contributed by atoms with Gasteiger partial charge in [-0.2, -0.15) is 0 Å².